The lowest BCUT2D eigenvalue weighted by Gasteiger charge is -2.20. The van der Waals surface area contributed by atoms with E-state index in [9.17, 15) is 4.79 Å². The summed E-state index contributed by atoms with van der Waals surface area (Å²) in [5, 5.41) is 2.63. The van der Waals surface area contributed by atoms with E-state index in [2.05, 4.69) is 5.32 Å². The minimum absolute atomic E-state index is 0.0234. The van der Waals surface area contributed by atoms with Gasteiger partial charge in [0.2, 0.25) is 5.91 Å². The van der Waals surface area contributed by atoms with Gasteiger partial charge < -0.3 is 11.1 Å². The van der Waals surface area contributed by atoms with Gasteiger partial charge in [0.05, 0.1) is 0 Å². The molecule has 0 heterocycles. The van der Waals surface area contributed by atoms with Gasteiger partial charge in [-0.2, -0.15) is 0 Å². The van der Waals surface area contributed by atoms with Crippen LogP contribution in [0.4, 0.5) is 0 Å². The number of amides is 1. The van der Waals surface area contributed by atoms with E-state index >= 15 is 0 Å². The highest BCUT2D eigenvalue weighted by Crippen LogP contribution is 2.21. The van der Waals surface area contributed by atoms with Crippen LogP contribution >= 0.6 is 0 Å². The Morgan fingerprint density at radius 3 is 2.47 bits per heavy atom. The van der Waals surface area contributed by atoms with Crippen molar-refractivity contribution >= 4 is 5.91 Å². The molecular formula is C12H18N2O. The summed E-state index contributed by atoms with van der Waals surface area (Å²) >= 11 is 0. The van der Waals surface area contributed by atoms with Gasteiger partial charge in [0.25, 0.3) is 0 Å². The van der Waals surface area contributed by atoms with Gasteiger partial charge in [-0.05, 0) is 12.5 Å². The van der Waals surface area contributed by atoms with Gasteiger partial charge in [-0.15, -0.1) is 0 Å². The van der Waals surface area contributed by atoms with Gasteiger partial charge >= 0.3 is 0 Å². The maximum atomic E-state index is 11.3. The summed E-state index contributed by atoms with van der Waals surface area (Å²) in [6, 6.07) is 9.89. The summed E-state index contributed by atoms with van der Waals surface area (Å²) in [5.74, 6) is 0.118. The highest BCUT2D eigenvalue weighted by atomic mass is 16.1. The zero-order valence-electron chi connectivity index (χ0n) is 9.23. The zero-order valence-corrected chi connectivity index (χ0v) is 9.23. The standard InChI is InChI=1S/C12H18N2O/c1-9(13)11(8-12(15)14-2)10-6-4-3-5-7-10/h3-7,9,11H,8,13H2,1-2H3,(H,14,15)/t9-,11+/m1/s1. The van der Waals surface area contributed by atoms with Crippen molar-refractivity contribution in [2.45, 2.75) is 25.3 Å². The number of carbonyl (C=O) groups excluding carboxylic acids is 1. The lowest BCUT2D eigenvalue weighted by molar-refractivity contribution is -0.121. The third-order valence-electron chi connectivity index (χ3n) is 2.55. The molecule has 0 bridgehead atoms. The molecular weight excluding hydrogens is 188 g/mol. The maximum absolute atomic E-state index is 11.3. The highest BCUT2D eigenvalue weighted by Gasteiger charge is 2.18. The first kappa shape index (κ1) is 11.7. The van der Waals surface area contributed by atoms with Crippen LogP contribution in [-0.4, -0.2) is 19.0 Å². The molecule has 0 radical (unpaired) electrons. The van der Waals surface area contributed by atoms with Crippen molar-refractivity contribution in [3.63, 3.8) is 0 Å². The number of hydrogen-bond donors (Lipinski definition) is 2. The Morgan fingerprint density at radius 1 is 1.40 bits per heavy atom. The second-order valence-electron chi connectivity index (χ2n) is 3.75. The Morgan fingerprint density at radius 2 is 2.00 bits per heavy atom. The number of nitrogens with one attached hydrogen (secondary N) is 1. The fraction of sp³-hybridized carbons (Fsp3) is 0.417. The molecule has 0 spiro atoms. The van der Waals surface area contributed by atoms with E-state index in [0.29, 0.717) is 6.42 Å². The first-order valence-electron chi connectivity index (χ1n) is 5.16. The average Bonchev–Trinajstić information content (AvgIpc) is 2.26. The second kappa shape index (κ2) is 5.51. The molecule has 0 aromatic heterocycles. The molecule has 82 valence electrons. The second-order valence-corrected chi connectivity index (χ2v) is 3.75. The van der Waals surface area contributed by atoms with Crippen molar-refractivity contribution in [3.05, 3.63) is 35.9 Å². The Bertz CT molecular complexity index is 309. The molecule has 3 nitrogen and oxygen atoms in total. The predicted molar refractivity (Wildman–Crippen MR) is 61.5 cm³/mol. The minimum atomic E-state index is -0.0234. The fourth-order valence-electron chi connectivity index (χ4n) is 1.61. The Hall–Kier alpha value is -1.35. The van der Waals surface area contributed by atoms with Crippen LogP contribution in [0, 0.1) is 0 Å². The normalized spacial score (nSPS) is 14.3. The first-order valence-corrected chi connectivity index (χ1v) is 5.16. The topological polar surface area (TPSA) is 55.1 Å². The molecule has 1 aromatic carbocycles. The summed E-state index contributed by atoms with van der Waals surface area (Å²) < 4.78 is 0. The van der Waals surface area contributed by atoms with E-state index in [1.165, 1.54) is 0 Å². The van der Waals surface area contributed by atoms with Crippen molar-refractivity contribution in [2.75, 3.05) is 7.05 Å². The Labute approximate surface area is 90.7 Å². The number of carbonyl (C=O) groups is 1. The largest absolute Gasteiger partial charge is 0.359 e. The lowest BCUT2D eigenvalue weighted by Crippen LogP contribution is -2.30. The molecule has 1 rings (SSSR count). The third kappa shape index (κ3) is 3.36. The van der Waals surface area contributed by atoms with E-state index in [-0.39, 0.29) is 17.9 Å². The molecule has 2 atom stereocenters. The van der Waals surface area contributed by atoms with Crippen molar-refractivity contribution in [3.8, 4) is 0 Å². The Balaban J connectivity index is 2.79. The SMILES string of the molecule is CNC(=O)C[C@H](c1ccccc1)[C@@H](C)N. The van der Waals surface area contributed by atoms with Crippen molar-refractivity contribution in [1.29, 1.82) is 0 Å². The number of nitrogens with two attached hydrogens (primary N) is 1. The van der Waals surface area contributed by atoms with E-state index < -0.39 is 0 Å². The van der Waals surface area contributed by atoms with Crippen LogP contribution in [0.5, 0.6) is 0 Å². The number of rotatable bonds is 4. The van der Waals surface area contributed by atoms with Crippen LogP contribution in [0.2, 0.25) is 0 Å². The molecule has 15 heavy (non-hydrogen) atoms. The average molecular weight is 206 g/mol. The van der Waals surface area contributed by atoms with Gasteiger partial charge in [0.1, 0.15) is 0 Å². The molecule has 1 aromatic rings. The molecule has 0 fully saturated rings. The van der Waals surface area contributed by atoms with Crippen LogP contribution in [0.15, 0.2) is 30.3 Å². The molecule has 3 N–H and O–H groups in total. The third-order valence-corrected chi connectivity index (χ3v) is 2.55. The maximum Gasteiger partial charge on any atom is 0.220 e. The van der Waals surface area contributed by atoms with Crippen LogP contribution in [0.3, 0.4) is 0 Å². The molecule has 0 saturated carbocycles. The van der Waals surface area contributed by atoms with Gasteiger partial charge in [0, 0.05) is 25.4 Å². The van der Waals surface area contributed by atoms with Gasteiger partial charge in [-0.25, -0.2) is 0 Å². The minimum Gasteiger partial charge on any atom is -0.359 e. The first-order chi connectivity index (χ1) is 7.15. The smallest absolute Gasteiger partial charge is 0.220 e. The van der Waals surface area contributed by atoms with E-state index in [1.807, 2.05) is 37.3 Å². The lowest BCUT2D eigenvalue weighted by atomic mass is 9.89. The molecule has 1 amide bonds. The van der Waals surface area contributed by atoms with Crippen LogP contribution in [0.1, 0.15) is 24.8 Å². The monoisotopic (exact) mass is 206 g/mol. The van der Waals surface area contributed by atoms with E-state index in [0.717, 1.165) is 5.56 Å². The Kier molecular flexibility index (Phi) is 4.31. The van der Waals surface area contributed by atoms with Crippen LogP contribution < -0.4 is 11.1 Å². The van der Waals surface area contributed by atoms with Crippen molar-refractivity contribution < 1.29 is 4.79 Å². The van der Waals surface area contributed by atoms with Gasteiger partial charge in [0.15, 0.2) is 0 Å². The molecule has 0 unspecified atom stereocenters. The summed E-state index contributed by atoms with van der Waals surface area (Å²) in [6.45, 7) is 1.93. The zero-order chi connectivity index (χ0) is 11.3. The summed E-state index contributed by atoms with van der Waals surface area (Å²) in [6.07, 6.45) is 0.443. The van der Waals surface area contributed by atoms with E-state index in [4.69, 9.17) is 5.73 Å². The molecule has 0 aliphatic carbocycles. The van der Waals surface area contributed by atoms with Gasteiger partial charge in [-0.3, -0.25) is 4.79 Å². The molecule has 3 heteroatoms. The van der Waals surface area contributed by atoms with Crippen molar-refractivity contribution in [1.82, 2.24) is 5.32 Å². The summed E-state index contributed by atoms with van der Waals surface area (Å²) in [7, 11) is 1.64. The van der Waals surface area contributed by atoms with Crippen LogP contribution in [0.25, 0.3) is 0 Å². The number of hydrogen-bond acceptors (Lipinski definition) is 2. The summed E-state index contributed by atoms with van der Waals surface area (Å²) in [4.78, 5) is 11.3. The fourth-order valence-corrected chi connectivity index (χ4v) is 1.61. The molecule has 0 saturated heterocycles. The van der Waals surface area contributed by atoms with Crippen LogP contribution in [-0.2, 0) is 4.79 Å². The van der Waals surface area contributed by atoms with E-state index in [1.54, 1.807) is 7.05 Å². The highest BCUT2D eigenvalue weighted by molar-refractivity contribution is 5.76. The number of benzene rings is 1. The molecule has 0 aliphatic rings. The quantitative estimate of drug-likeness (QED) is 0.779. The summed E-state index contributed by atoms with van der Waals surface area (Å²) in [5.41, 5.74) is 7.01. The van der Waals surface area contributed by atoms with Crippen molar-refractivity contribution in [2.24, 2.45) is 5.73 Å². The van der Waals surface area contributed by atoms with Gasteiger partial charge in [-0.1, -0.05) is 30.3 Å². The predicted octanol–water partition coefficient (Wildman–Crippen LogP) is 1.25. The molecule has 0 aliphatic heterocycles.